The molecule has 1 aromatic carbocycles. The molecule has 1 aliphatic heterocycles. The van der Waals surface area contributed by atoms with Crippen LogP contribution in [0.5, 0.6) is 0 Å². The topological polar surface area (TPSA) is 33.1 Å². The fourth-order valence-electron chi connectivity index (χ4n) is 2.09. The predicted molar refractivity (Wildman–Crippen MR) is 72.2 cm³/mol. The first-order chi connectivity index (χ1) is 8.65. The van der Waals surface area contributed by atoms with Gasteiger partial charge in [0.2, 0.25) is 0 Å². The molecule has 18 heavy (non-hydrogen) atoms. The van der Waals surface area contributed by atoms with Crippen molar-refractivity contribution in [2.75, 3.05) is 10.2 Å². The number of halogens is 1. The molecular weight excluding hydrogens is 251 g/mol. The third-order valence-corrected chi connectivity index (χ3v) is 3.46. The number of anilines is 2. The summed E-state index contributed by atoms with van der Waals surface area (Å²) in [6.45, 7) is 0.656. The number of rotatable bonds is 1. The van der Waals surface area contributed by atoms with Crippen LogP contribution in [0.25, 0.3) is 0 Å². The number of imidazole rings is 1. The van der Waals surface area contributed by atoms with E-state index < -0.39 is 0 Å². The second-order valence-corrected chi connectivity index (χ2v) is 4.76. The first kappa shape index (κ1) is 11.4. The highest BCUT2D eigenvalue weighted by Crippen LogP contribution is 2.29. The fraction of sp³-hybridized carbons (Fsp3) is 0.250. The lowest BCUT2D eigenvalue weighted by Gasteiger charge is -2.35. The third kappa shape index (κ3) is 1.82. The fourth-order valence-corrected chi connectivity index (χ4v) is 2.43. The summed E-state index contributed by atoms with van der Waals surface area (Å²) in [6.07, 6.45) is 1.77. The van der Waals surface area contributed by atoms with E-state index in [1.54, 1.807) is 18.5 Å². The number of aromatic nitrogens is 2. The second kappa shape index (κ2) is 4.20. The van der Waals surface area contributed by atoms with E-state index in [-0.39, 0.29) is 11.3 Å². The molecule has 1 unspecified atom stereocenters. The van der Waals surface area contributed by atoms with Gasteiger partial charge >= 0.3 is 0 Å². The molecule has 1 atom stereocenters. The van der Waals surface area contributed by atoms with Crippen molar-refractivity contribution >= 4 is 24.1 Å². The molecule has 6 heteroatoms. The number of hydrogen-bond acceptors (Lipinski definition) is 4. The molecule has 0 amide bonds. The number of benzene rings is 1. The van der Waals surface area contributed by atoms with Crippen molar-refractivity contribution in [1.29, 1.82) is 0 Å². The van der Waals surface area contributed by atoms with Gasteiger partial charge in [-0.15, -0.1) is 12.6 Å². The Balaban J connectivity index is 1.93. The van der Waals surface area contributed by atoms with E-state index in [2.05, 4.69) is 22.9 Å². The van der Waals surface area contributed by atoms with E-state index in [0.717, 1.165) is 17.2 Å². The van der Waals surface area contributed by atoms with Crippen molar-refractivity contribution in [3.05, 3.63) is 42.1 Å². The highest BCUT2D eigenvalue weighted by molar-refractivity contribution is 7.81. The first-order valence-electron chi connectivity index (χ1n) is 5.62. The number of aryl methyl sites for hydroxylation is 1. The molecule has 0 bridgehead atoms. The van der Waals surface area contributed by atoms with Crippen molar-refractivity contribution < 1.29 is 4.39 Å². The number of fused-ring (bicyclic) bond motifs is 1. The van der Waals surface area contributed by atoms with E-state index in [0.29, 0.717) is 6.54 Å². The van der Waals surface area contributed by atoms with Crippen LogP contribution in [-0.2, 0) is 13.6 Å². The average Bonchev–Trinajstić information content (AvgIpc) is 2.71. The lowest BCUT2D eigenvalue weighted by atomic mass is 10.2. The highest BCUT2D eigenvalue weighted by Gasteiger charge is 2.25. The van der Waals surface area contributed by atoms with Crippen molar-refractivity contribution in [3.8, 4) is 0 Å². The molecule has 1 aromatic heterocycles. The molecular formula is C12H13FN4S. The summed E-state index contributed by atoms with van der Waals surface area (Å²) < 4.78 is 14.9. The molecule has 94 valence electrons. The van der Waals surface area contributed by atoms with Gasteiger partial charge in [-0.1, -0.05) is 0 Å². The molecule has 1 N–H and O–H groups in total. The summed E-state index contributed by atoms with van der Waals surface area (Å²) in [4.78, 5) is 6.36. The Kier molecular flexibility index (Phi) is 2.66. The number of nitrogens with one attached hydrogen (secondary N) is 1. The van der Waals surface area contributed by atoms with Crippen LogP contribution in [-0.4, -0.2) is 15.0 Å². The third-order valence-electron chi connectivity index (χ3n) is 3.05. The standard InChI is InChI=1S/C12H13FN4S/c1-16-7-14-10-6-17(12(18)15-11(10)16)9-4-2-8(13)3-5-9/h2-5,7,12,15,18H,6H2,1H3. The van der Waals surface area contributed by atoms with Gasteiger partial charge in [-0.2, -0.15) is 0 Å². The van der Waals surface area contributed by atoms with Crippen molar-refractivity contribution in [2.45, 2.75) is 12.0 Å². The summed E-state index contributed by atoms with van der Waals surface area (Å²) in [5.41, 5.74) is 1.73. The Morgan fingerprint density at radius 1 is 1.39 bits per heavy atom. The van der Waals surface area contributed by atoms with Crippen molar-refractivity contribution in [1.82, 2.24) is 9.55 Å². The molecule has 0 saturated heterocycles. The molecule has 2 heterocycles. The summed E-state index contributed by atoms with van der Waals surface area (Å²) in [6, 6.07) is 6.38. The van der Waals surface area contributed by atoms with E-state index in [1.807, 2.05) is 16.5 Å². The molecule has 0 radical (unpaired) electrons. The van der Waals surface area contributed by atoms with Gasteiger partial charge in [0.15, 0.2) is 0 Å². The quantitative estimate of drug-likeness (QED) is 0.775. The Hall–Kier alpha value is -1.69. The largest absolute Gasteiger partial charge is 0.341 e. The van der Waals surface area contributed by atoms with Crippen LogP contribution < -0.4 is 10.2 Å². The zero-order valence-electron chi connectivity index (χ0n) is 9.84. The van der Waals surface area contributed by atoms with Crippen LogP contribution >= 0.6 is 12.6 Å². The zero-order chi connectivity index (χ0) is 12.7. The minimum Gasteiger partial charge on any atom is -0.341 e. The average molecular weight is 264 g/mol. The maximum atomic E-state index is 12.9. The van der Waals surface area contributed by atoms with Gasteiger partial charge < -0.3 is 14.8 Å². The molecule has 0 spiro atoms. The maximum Gasteiger partial charge on any atom is 0.146 e. The number of nitrogens with zero attached hydrogens (tertiary/aromatic N) is 3. The Morgan fingerprint density at radius 3 is 2.83 bits per heavy atom. The number of hydrogen-bond donors (Lipinski definition) is 2. The van der Waals surface area contributed by atoms with Crippen LogP contribution in [0.4, 0.5) is 15.9 Å². The van der Waals surface area contributed by atoms with Crippen molar-refractivity contribution in [3.63, 3.8) is 0 Å². The molecule has 4 nitrogen and oxygen atoms in total. The summed E-state index contributed by atoms with van der Waals surface area (Å²) in [5, 5.41) is 3.27. The van der Waals surface area contributed by atoms with E-state index in [1.165, 1.54) is 12.1 Å². The Labute approximate surface area is 110 Å². The summed E-state index contributed by atoms with van der Waals surface area (Å²) >= 11 is 4.52. The molecule has 2 aromatic rings. The van der Waals surface area contributed by atoms with E-state index >= 15 is 0 Å². The predicted octanol–water partition coefficient (Wildman–Crippen LogP) is 2.20. The summed E-state index contributed by atoms with van der Waals surface area (Å²) in [7, 11) is 1.94. The van der Waals surface area contributed by atoms with Crippen LogP contribution in [0.2, 0.25) is 0 Å². The van der Waals surface area contributed by atoms with Crippen LogP contribution in [0, 0.1) is 5.82 Å². The van der Waals surface area contributed by atoms with Crippen molar-refractivity contribution in [2.24, 2.45) is 7.05 Å². The van der Waals surface area contributed by atoms with E-state index in [9.17, 15) is 4.39 Å². The minimum absolute atomic E-state index is 0.154. The molecule has 0 fully saturated rings. The molecule has 1 aliphatic rings. The maximum absolute atomic E-state index is 12.9. The van der Waals surface area contributed by atoms with Crippen LogP contribution in [0.3, 0.4) is 0 Å². The molecule has 0 aliphatic carbocycles. The SMILES string of the molecule is Cn1cnc2c1NC(S)N(c1ccc(F)cc1)C2. The first-order valence-corrected chi connectivity index (χ1v) is 6.14. The Morgan fingerprint density at radius 2 is 2.11 bits per heavy atom. The normalized spacial score (nSPS) is 18.4. The van der Waals surface area contributed by atoms with Gasteiger partial charge in [0.1, 0.15) is 22.8 Å². The van der Waals surface area contributed by atoms with E-state index in [4.69, 9.17) is 0 Å². The monoisotopic (exact) mass is 264 g/mol. The van der Waals surface area contributed by atoms with Crippen LogP contribution in [0.15, 0.2) is 30.6 Å². The highest BCUT2D eigenvalue weighted by atomic mass is 32.1. The van der Waals surface area contributed by atoms with Gasteiger partial charge in [0, 0.05) is 12.7 Å². The zero-order valence-corrected chi connectivity index (χ0v) is 10.7. The minimum atomic E-state index is -0.238. The molecule has 3 rings (SSSR count). The Bertz CT molecular complexity index is 566. The lowest BCUT2D eigenvalue weighted by Crippen LogP contribution is -2.41. The van der Waals surface area contributed by atoms with Crippen LogP contribution in [0.1, 0.15) is 5.69 Å². The smallest absolute Gasteiger partial charge is 0.146 e. The van der Waals surface area contributed by atoms with Gasteiger partial charge in [-0.3, -0.25) is 0 Å². The van der Waals surface area contributed by atoms with Gasteiger partial charge in [-0.05, 0) is 24.3 Å². The molecule has 0 saturated carbocycles. The van der Waals surface area contributed by atoms with Gasteiger partial charge in [-0.25, -0.2) is 9.37 Å². The van der Waals surface area contributed by atoms with Gasteiger partial charge in [0.05, 0.1) is 12.9 Å². The summed E-state index contributed by atoms with van der Waals surface area (Å²) in [5.74, 6) is 0.742. The van der Waals surface area contributed by atoms with Gasteiger partial charge in [0.25, 0.3) is 0 Å². The lowest BCUT2D eigenvalue weighted by molar-refractivity contribution is 0.627. The number of thiol groups is 1. The second-order valence-electron chi connectivity index (χ2n) is 4.27.